The van der Waals surface area contributed by atoms with E-state index in [2.05, 4.69) is 6.58 Å². The van der Waals surface area contributed by atoms with E-state index in [-0.39, 0.29) is 26.4 Å². The van der Waals surface area contributed by atoms with Crippen LogP contribution in [0.5, 0.6) is 0 Å². The second-order valence-electron chi connectivity index (χ2n) is 9.21. The summed E-state index contributed by atoms with van der Waals surface area (Å²) in [6.45, 7) is 4.68. The van der Waals surface area contributed by atoms with Crippen molar-refractivity contribution in [2.75, 3.05) is 20.8 Å². The molecule has 0 radical (unpaired) electrons. The summed E-state index contributed by atoms with van der Waals surface area (Å²) in [5.41, 5.74) is 2.86. The van der Waals surface area contributed by atoms with Crippen LogP contribution in [0, 0.1) is 0 Å². The molecule has 1 fully saturated rings. The molecule has 1 saturated heterocycles. The molecule has 214 valence electrons. The van der Waals surface area contributed by atoms with Gasteiger partial charge in [0.15, 0.2) is 12.1 Å². The third-order valence-corrected chi connectivity index (χ3v) is 8.58. The highest BCUT2D eigenvalue weighted by molar-refractivity contribution is 7.54. The van der Waals surface area contributed by atoms with E-state index < -0.39 is 38.0 Å². The highest BCUT2D eigenvalue weighted by atomic mass is 31.2. The molecular weight excluding hydrogens is 531 g/mol. The van der Waals surface area contributed by atoms with Gasteiger partial charge in [-0.3, -0.25) is 4.57 Å². The van der Waals surface area contributed by atoms with Gasteiger partial charge in [0.1, 0.15) is 18.3 Å². The third kappa shape index (κ3) is 7.97. The zero-order valence-corrected chi connectivity index (χ0v) is 23.8. The van der Waals surface area contributed by atoms with Crippen LogP contribution in [0.15, 0.2) is 104 Å². The van der Waals surface area contributed by atoms with Gasteiger partial charge in [-0.15, -0.1) is 6.58 Å². The summed E-state index contributed by atoms with van der Waals surface area (Å²) in [7, 11) is -1.19. The van der Waals surface area contributed by atoms with Crippen molar-refractivity contribution in [2.45, 2.75) is 50.3 Å². The average molecular weight is 569 g/mol. The maximum absolute atomic E-state index is 13.8. The highest BCUT2D eigenvalue weighted by Crippen LogP contribution is 2.56. The first-order chi connectivity index (χ1) is 19.6. The summed E-state index contributed by atoms with van der Waals surface area (Å²) < 4.78 is 56.3. The molecule has 0 aliphatic carbocycles. The molecule has 0 aromatic heterocycles. The van der Waals surface area contributed by atoms with Crippen LogP contribution in [-0.2, 0) is 57.1 Å². The van der Waals surface area contributed by atoms with Crippen molar-refractivity contribution < 1.29 is 37.3 Å². The molecule has 0 saturated carbocycles. The van der Waals surface area contributed by atoms with Crippen LogP contribution in [0.2, 0.25) is 0 Å². The van der Waals surface area contributed by atoms with Gasteiger partial charge in [-0.1, -0.05) is 97.1 Å². The largest absolute Gasteiger partial charge is 0.368 e. The highest BCUT2D eigenvalue weighted by Gasteiger charge is 2.56. The van der Waals surface area contributed by atoms with Crippen LogP contribution in [0.1, 0.15) is 16.7 Å². The Labute approximate surface area is 236 Å². The molecule has 1 aliphatic rings. The number of hydrogen-bond acceptors (Lipinski definition) is 8. The average Bonchev–Trinajstić information content (AvgIpc) is 3.02. The molecular formula is C31H37O8P. The fraction of sp³-hybridized carbons (Fsp3) is 0.355. The van der Waals surface area contributed by atoms with Crippen LogP contribution in [-0.4, -0.2) is 51.3 Å². The fourth-order valence-corrected chi connectivity index (χ4v) is 5.92. The summed E-state index contributed by atoms with van der Waals surface area (Å²) in [5, 5.41) is 0. The monoisotopic (exact) mass is 568 g/mol. The molecule has 3 aromatic carbocycles. The van der Waals surface area contributed by atoms with Gasteiger partial charge in [0.05, 0.1) is 26.4 Å². The Morgan fingerprint density at radius 2 is 1.10 bits per heavy atom. The molecule has 8 nitrogen and oxygen atoms in total. The predicted molar refractivity (Wildman–Crippen MR) is 151 cm³/mol. The van der Waals surface area contributed by atoms with Crippen LogP contribution < -0.4 is 0 Å². The van der Waals surface area contributed by atoms with Gasteiger partial charge in [-0.05, 0) is 16.7 Å². The van der Waals surface area contributed by atoms with Crippen molar-refractivity contribution >= 4 is 7.60 Å². The topological polar surface area (TPSA) is 81.7 Å². The third-order valence-electron chi connectivity index (χ3n) is 6.53. The minimum atomic E-state index is -3.83. The molecule has 0 spiro atoms. The Morgan fingerprint density at radius 1 is 0.675 bits per heavy atom. The van der Waals surface area contributed by atoms with Crippen LogP contribution in [0.3, 0.4) is 0 Å². The summed E-state index contributed by atoms with van der Waals surface area (Å²) in [6, 6.07) is 29.2. The van der Waals surface area contributed by atoms with Gasteiger partial charge in [-0.25, -0.2) is 0 Å². The first-order valence-corrected chi connectivity index (χ1v) is 14.7. The Kier molecular flexibility index (Phi) is 11.7. The minimum Gasteiger partial charge on any atom is -0.368 e. The maximum atomic E-state index is 13.8. The van der Waals surface area contributed by atoms with Crippen molar-refractivity contribution in [1.82, 2.24) is 0 Å². The lowest BCUT2D eigenvalue weighted by molar-refractivity contribution is -0.309. The van der Waals surface area contributed by atoms with Gasteiger partial charge in [-0.2, -0.15) is 0 Å². The van der Waals surface area contributed by atoms with Gasteiger partial charge in [0.2, 0.25) is 0 Å². The van der Waals surface area contributed by atoms with Crippen molar-refractivity contribution in [3.63, 3.8) is 0 Å². The molecule has 40 heavy (non-hydrogen) atoms. The first kappa shape index (κ1) is 30.3. The Hall–Kier alpha value is -2.65. The lowest BCUT2D eigenvalue weighted by atomic mass is 10.0. The molecule has 3 aromatic rings. The molecule has 9 heteroatoms. The van der Waals surface area contributed by atoms with Gasteiger partial charge < -0.3 is 32.7 Å². The molecule has 0 bridgehead atoms. The number of benzene rings is 3. The van der Waals surface area contributed by atoms with Crippen LogP contribution >= 0.6 is 7.60 Å². The Balaban J connectivity index is 1.70. The van der Waals surface area contributed by atoms with E-state index in [0.29, 0.717) is 0 Å². The molecule has 5 atom stereocenters. The van der Waals surface area contributed by atoms with E-state index in [1.54, 1.807) is 6.08 Å². The number of ether oxygens (including phenoxy) is 5. The summed E-state index contributed by atoms with van der Waals surface area (Å²) >= 11 is 0. The van der Waals surface area contributed by atoms with E-state index in [1.165, 1.54) is 14.2 Å². The maximum Gasteiger partial charge on any atom is 0.361 e. The van der Waals surface area contributed by atoms with Crippen molar-refractivity contribution in [2.24, 2.45) is 0 Å². The van der Waals surface area contributed by atoms with Crippen molar-refractivity contribution in [1.29, 1.82) is 0 Å². The van der Waals surface area contributed by atoms with Crippen LogP contribution in [0.25, 0.3) is 0 Å². The van der Waals surface area contributed by atoms with Gasteiger partial charge in [0.25, 0.3) is 0 Å². The molecule has 4 rings (SSSR count). The molecule has 0 N–H and O–H groups in total. The Morgan fingerprint density at radius 3 is 1.52 bits per heavy atom. The van der Waals surface area contributed by atoms with Crippen LogP contribution in [0.4, 0.5) is 0 Å². The standard InChI is InChI=1S/C31H37O8P/c1-4-20-35-30-28(37-22-25-16-10-6-11-17-25)27(36-21-24-14-8-5-9-15-24)29(31(39-30)40(32,33-2)34-3)38-23-26-18-12-7-13-19-26/h4-19,27-31H,1,20-23H2,2-3H3/t27-,28-,29+,30+,31-/m1/s1. The van der Waals surface area contributed by atoms with E-state index in [9.17, 15) is 4.57 Å². The fourth-order valence-electron chi connectivity index (χ4n) is 4.47. The summed E-state index contributed by atoms with van der Waals surface area (Å²) in [6.07, 6.45) is -1.76. The van der Waals surface area contributed by atoms with Gasteiger partial charge in [0, 0.05) is 14.2 Å². The quantitative estimate of drug-likeness (QED) is 0.160. The van der Waals surface area contributed by atoms with E-state index in [4.69, 9.17) is 32.7 Å². The van der Waals surface area contributed by atoms with Crippen molar-refractivity contribution in [3.05, 3.63) is 120 Å². The Bertz CT molecular complexity index is 1190. The van der Waals surface area contributed by atoms with E-state index in [1.807, 2.05) is 91.0 Å². The lowest BCUT2D eigenvalue weighted by Gasteiger charge is -2.46. The van der Waals surface area contributed by atoms with E-state index in [0.717, 1.165) is 16.7 Å². The summed E-state index contributed by atoms with van der Waals surface area (Å²) in [4.78, 5) is 0. The zero-order chi connectivity index (χ0) is 28.2. The molecule has 1 heterocycles. The zero-order valence-electron chi connectivity index (χ0n) is 22.9. The molecule has 0 unspecified atom stereocenters. The molecule has 1 aliphatic heterocycles. The van der Waals surface area contributed by atoms with E-state index >= 15 is 0 Å². The van der Waals surface area contributed by atoms with Crippen molar-refractivity contribution in [3.8, 4) is 0 Å². The number of hydrogen-bond donors (Lipinski definition) is 0. The lowest BCUT2D eigenvalue weighted by Crippen LogP contribution is -2.60. The summed E-state index contributed by atoms with van der Waals surface area (Å²) in [5.74, 6) is -1.15. The van der Waals surface area contributed by atoms with Gasteiger partial charge >= 0.3 is 7.60 Å². The number of rotatable bonds is 15. The second-order valence-corrected chi connectivity index (χ2v) is 11.5. The predicted octanol–water partition coefficient (Wildman–Crippen LogP) is 6.11. The normalized spacial score (nSPS) is 23.1. The molecule has 0 amide bonds. The minimum absolute atomic E-state index is 0.174. The SMILES string of the molecule is C=CCO[C@H]1O[C@H](P(=O)(OC)OC)[C@@H](OCc2ccccc2)[C@H](OCc2ccccc2)[C@H]1OCc1ccccc1. The first-order valence-electron chi connectivity index (χ1n) is 13.1. The smallest absolute Gasteiger partial charge is 0.361 e. The second kappa shape index (κ2) is 15.4.